The van der Waals surface area contributed by atoms with E-state index in [1.54, 1.807) is 54.6 Å². The highest BCUT2D eigenvalue weighted by molar-refractivity contribution is 6.45. The highest BCUT2D eigenvalue weighted by atomic mass is 35.5. The molecule has 31 heavy (non-hydrogen) atoms. The summed E-state index contributed by atoms with van der Waals surface area (Å²) in [6.07, 6.45) is 4.71. The van der Waals surface area contributed by atoms with Gasteiger partial charge in [0.1, 0.15) is 7.11 Å². The average Bonchev–Trinajstić information content (AvgIpc) is 2.82. The summed E-state index contributed by atoms with van der Waals surface area (Å²) >= 11 is 6.51. The minimum absolute atomic E-state index is 0.0759. The molecule has 0 aliphatic carbocycles. The van der Waals surface area contributed by atoms with Crippen LogP contribution in [0.2, 0.25) is 0 Å². The van der Waals surface area contributed by atoms with E-state index in [-0.39, 0.29) is 18.1 Å². The van der Waals surface area contributed by atoms with Crippen molar-refractivity contribution in [3.05, 3.63) is 95.2 Å². The second-order valence-corrected chi connectivity index (χ2v) is 7.13. The van der Waals surface area contributed by atoms with E-state index in [2.05, 4.69) is 15.8 Å². The molecule has 1 amide bonds. The van der Waals surface area contributed by atoms with Gasteiger partial charge in [-0.05, 0) is 17.7 Å². The fourth-order valence-electron chi connectivity index (χ4n) is 2.94. The highest BCUT2D eigenvalue weighted by Gasteiger charge is 2.28. The third kappa shape index (κ3) is 5.39. The van der Waals surface area contributed by atoms with E-state index in [0.717, 1.165) is 0 Å². The fraction of sp³-hybridized carbons (Fsp3) is 0.174. The monoisotopic (exact) mass is 439 g/mol. The summed E-state index contributed by atoms with van der Waals surface area (Å²) in [5.41, 5.74) is 2.40. The molecule has 7 nitrogen and oxygen atoms in total. The summed E-state index contributed by atoms with van der Waals surface area (Å²) in [6.45, 7) is 0.0759. The van der Waals surface area contributed by atoms with Crippen molar-refractivity contribution < 1.29 is 19.2 Å². The van der Waals surface area contributed by atoms with Crippen molar-refractivity contribution in [2.24, 2.45) is 5.16 Å². The molecule has 0 fully saturated rings. The smallest absolute Gasteiger partial charge is 0.273 e. The molecule has 1 aliphatic rings. The first-order valence-electron chi connectivity index (χ1n) is 9.48. The first kappa shape index (κ1) is 22.3. The number of ether oxygens (including phenoxy) is 1. The van der Waals surface area contributed by atoms with Gasteiger partial charge in [0.25, 0.3) is 5.91 Å². The second kappa shape index (κ2) is 10.1. The number of hydrogen-bond acceptors (Lipinski definition) is 6. The van der Waals surface area contributed by atoms with E-state index in [1.165, 1.54) is 20.4 Å². The molecule has 0 saturated heterocycles. The Morgan fingerprint density at radius 2 is 1.84 bits per heavy atom. The van der Waals surface area contributed by atoms with Gasteiger partial charge < -0.3 is 20.2 Å². The zero-order chi connectivity index (χ0) is 22.3. The molecule has 0 spiro atoms. The third-order valence-corrected chi connectivity index (χ3v) is 4.88. The predicted octanol–water partition coefficient (Wildman–Crippen LogP) is 3.12. The predicted molar refractivity (Wildman–Crippen MR) is 119 cm³/mol. The summed E-state index contributed by atoms with van der Waals surface area (Å²) in [4.78, 5) is 29.6. The molecule has 1 unspecified atom stereocenters. The molecule has 2 aromatic rings. The normalized spacial score (nSPS) is 18.0. The van der Waals surface area contributed by atoms with Crippen LogP contribution in [-0.4, -0.2) is 36.7 Å². The number of carbonyl (C=O) groups is 2. The Hall–Kier alpha value is -3.42. The van der Waals surface area contributed by atoms with E-state index < -0.39 is 11.1 Å². The van der Waals surface area contributed by atoms with Gasteiger partial charge in [0.2, 0.25) is 5.18 Å². The van der Waals surface area contributed by atoms with Gasteiger partial charge in [-0.1, -0.05) is 71.4 Å². The van der Waals surface area contributed by atoms with E-state index >= 15 is 0 Å². The quantitative estimate of drug-likeness (QED) is 0.217. The maximum Gasteiger partial charge on any atom is 0.273 e. The molecule has 0 saturated carbocycles. The molecule has 0 bridgehead atoms. The van der Waals surface area contributed by atoms with Gasteiger partial charge in [-0.15, -0.1) is 0 Å². The Bertz CT molecular complexity index is 1050. The lowest BCUT2D eigenvalue weighted by molar-refractivity contribution is -0.114. The average molecular weight is 440 g/mol. The second-order valence-electron chi connectivity index (χ2n) is 6.56. The maximum absolute atomic E-state index is 12.6. The van der Waals surface area contributed by atoms with Crippen molar-refractivity contribution in [3.63, 3.8) is 0 Å². The van der Waals surface area contributed by atoms with Gasteiger partial charge in [0.05, 0.1) is 6.61 Å². The standard InChI is InChI=1S/C23H22ClN3O4/c1-25-22(29)20(27-30-2)19-11-7-6-10-18(19)15-31-23(24)13-12-17(14-26-23)21(28)16-8-4-3-5-9-16/h3-14,26H,15H2,1-2H3,(H,25,29). The zero-order valence-electron chi connectivity index (χ0n) is 17.1. The number of ketones is 1. The molecular weight excluding hydrogens is 418 g/mol. The Kier molecular flexibility index (Phi) is 7.23. The molecule has 0 radical (unpaired) electrons. The topological polar surface area (TPSA) is 89.0 Å². The largest absolute Gasteiger partial charge is 0.398 e. The lowest BCUT2D eigenvalue weighted by Gasteiger charge is -2.28. The van der Waals surface area contributed by atoms with Crippen LogP contribution in [0.4, 0.5) is 0 Å². The van der Waals surface area contributed by atoms with Gasteiger partial charge in [-0.2, -0.15) is 0 Å². The summed E-state index contributed by atoms with van der Waals surface area (Å²) in [7, 11) is 2.88. The van der Waals surface area contributed by atoms with Crippen molar-refractivity contribution in [2.45, 2.75) is 11.8 Å². The number of hydrogen-bond donors (Lipinski definition) is 2. The lowest BCUT2D eigenvalue weighted by Crippen LogP contribution is -2.39. The van der Waals surface area contributed by atoms with Crippen LogP contribution >= 0.6 is 11.6 Å². The van der Waals surface area contributed by atoms with Crippen LogP contribution in [-0.2, 0) is 21.0 Å². The number of benzene rings is 2. The number of carbonyl (C=O) groups excluding carboxylic acids is 2. The van der Waals surface area contributed by atoms with Gasteiger partial charge in [-0.3, -0.25) is 9.59 Å². The van der Waals surface area contributed by atoms with E-state index in [9.17, 15) is 9.59 Å². The van der Waals surface area contributed by atoms with Crippen LogP contribution in [0, 0.1) is 0 Å². The molecule has 2 N–H and O–H groups in total. The number of alkyl halides is 1. The van der Waals surface area contributed by atoms with Crippen molar-refractivity contribution in [3.8, 4) is 0 Å². The SMILES string of the molecule is CNC(=O)C(=NOC)c1ccccc1COC1(Cl)C=CC(C(=O)c2ccccc2)=CN1. The minimum atomic E-state index is -1.35. The molecule has 0 aromatic heterocycles. The van der Waals surface area contributed by atoms with Gasteiger partial charge in [0, 0.05) is 29.9 Å². The number of amides is 1. The van der Waals surface area contributed by atoms with Crippen molar-refractivity contribution in [1.29, 1.82) is 0 Å². The highest BCUT2D eigenvalue weighted by Crippen LogP contribution is 2.25. The molecule has 3 rings (SSSR count). The molecule has 8 heteroatoms. The number of nitrogens with one attached hydrogen (secondary N) is 2. The summed E-state index contributed by atoms with van der Waals surface area (Å²) < 4.78 is 5.86. The number of oxime groups is 1. The number of Topliss-reactive ketones (excluding diaryl/α,β-unsaturated/α-hetero) is 1. The van der Waals surface area contributed by atoms with Crippen LogP contribution < -0.4 is 10.6 Å². The minimum Gasteiger partial charge on any atom is -0.398 e. The van der Waals surface area contributed by atoms with Crippen LogP contribution in [0.15, 0.2) is 83.7 Å². The summed E-state index contributed by atoms with van der Waals surface area (Å²) in [6, 6.07) is 16.1. The van der Waals surface area contributed by atoms with Gasteiger partial charge in [-0.25, -0.2) is 0 Å². The fourth-order valence-corrected chi connectivity index (χ4v) is 3.11. The maximum atomic E-state index is 12.6. The molecule has 160 valence electrons. The Morgan fingerprint density at radius 3 is 2.48 bits per heavy atom. The van der Waals surface area contributed by atoms with E-state index in [4.69, 9.17) is 21.2 Å². The van der Waals surface area contributed by atoms with Gasteiger partial charge in [0.15, 0.2) is 11.5 Å². The first-order chi connectivity index (χ1) is 15.0. The van der Waals surface area contributed by atoms with E-state index in [0.29, 0.717) is 22.3 Å². The molecule has 1 aliphatic heterocycles. The molecular formula is C23H22ClN3O4. The number of likely N-dealkylation sites (N-methyl/N-ethyl adjacent to an activating group) is 1. The Labute approximate surface area is 185 Å². The summed E-state index contributed by atoms with van der Waals surface area (Å²) in [5.74, 6) is -0.517. The van der Waals surface area contributed by atoms with E-state index in [1.807, 2.05) is 12.1 Å². The zero-order valence-corrected chi connectivity index (χ0v) is 17.8. The summed E-state index contributed by atoms with van der Waals surface area (Å²) in [5, 5.41) is 7.94. The number of rotatable bonds is 8. The number of nitrogens with zero attached hydrogens (tertiary/aromatic N) is 1. The van der Waals surface area contributed by atoms with Crippen LogP contribution in [0.3, 0.4) is 0 Å². The van der Waals surface area contributed by atoms with Crippen LogP contribution in [0.1, 0.15) is 21.5 Å². The first-order valence-corrected chi connectivity index (χ1v) is 9.86. The number of allylic oxidation sites excluding steroid dienone is 2. The van der Waals surface area contributed by atoms with Crippen molar-refractivity contribution in [1.82, 2.24) is 10.6 Å². The molecule has 1 heterocycles. The molecule has 2 aromatic carbocycles. The van der Waals surface area contributed by atoms with Crippen molar-refractivity contribution >= 4 is 29.0 Å². The van der Waals surface area contributed by atoms with Crippen LogP contribution in [0.25, 0.3) is 0 Å². The third-order valence-electron chi connectivity index (χ3n) is 4.53. The Morgan fingerprint density at radius 1 is 1.13 bits per heavy atom. The van der Waals surface area contributed by atoms with Crippen LogP contribution in [0.5, 0.6) is 0 Å². The van der Waals surface area contributed by atoms with Crippen molar-refractivity contribution in [2.75, 3.05) is 14.2 Å². The number of halogens is 1. The number of dihydropyridines is 1. The molecule has 1 atom stereocenters. The Balaban J connectivity index is 1.72. The van der Waals surface area contributed by atoms with Gasteiger partial charge >= 0.3 is 0 Å². The lowest BCUT2D eigenvalue weighted by atomic mass is 10.0.